The fraction of sp³-hybridized carbons (Fsp3) is 0.727. The van der Waals surface area contributed by atoms with Gasteiger partial charge in [0.2, 0.25) is 0 Å². The zero-order valence-electron chi connectivity index (χ0n) is 8.59. The molecule has 1 heteroatoms. The van der Waals surface area contributed by atoms with Gasteiger partial charge >= 0.3 is 0 Å². The molecule has 0 aromatic carbocycles. The molecule has 70 valence electrons. The second-order valence-corrected chi connectivity index (χ2v) is 3.60. The van der Waals surface area contributed by atoms with Crippen molar-refractivity contribution >= 4 is 6.21 Å². The van der Waals surface area contributed by atoms with Gasteiger partial charge < -0.3 is 0 Å². The molecule has 0 saturated heterocycles. The summed E-state index contributed by atoms with van der Waals surface area (Å²) in [6.45, 7) is 11.2. The molecule has 0 N–H and O–H groups in total. The zero-order chi connectivity index (χ0) is 9.40. The van der Waals surface area contributed by atoms with Gasteiger partial charge in [-0.1, -0.05) is 26.8 Å². The minimum atomic E-state index is 0.598. The van der Waals surface area contributed by atoms with Gasteiger partial charge in [-0.3, -0.25) is 4.99 Å². The first kappa shape index (κ1) is 11.4. The molecule has 0 rings (SSSR count). The summed E-state index contributed by atoms with van der Waals surface area (Å²) in [6, 6.07) is 0. The van der Waals surface area contributed by atoms with Gasteiger partial charge in [-0.05, 0) is 24.7 Å². The molecule has 12 heavy (non-hydrogen) atoms. The Kier molecular flexibility index (Phi) is 6.73. The van der Waals surface area contributed by atoms with E-state index in [1.807, 2.05) is 6.08 Å². The molecule has 0 bridgehead atoms. The lowest BCUT2D eigenvalue weighted by molar-refractivity contribution is 0.649. The average Bonchev–Trinajstić information content (AvgIpc) is 2.02. The monoisotopic (exact) mass is 167 g/mol. The van der Waals surface area contributed by atoms with E-state index < -0.39 is 0 Å². The summed E-state index contributed by atoms with van der Waals surface area (Å²) in [6.07, 6.45) is 6.27. The van der Waals surface area contributed by atoms with Crippen LogP contribution >= 0.6 is 0 Å². The number of hydrogen-bond donors (Lipinski definition) is 0. The molecule has 0 radical (unpaired) electrons. The predicted molar refractivity (Wildman–Crippen MR) is 56.8 cm³/mol. The Balaban J connectivity index is 3.67. The van der Waals surface area contributed by atoms with Crippen molar-refractivity contribution in [2.75, 3.05) is 6.54 Å². The summed E-state index contributed by atoms with van der Waals surface area (Å²) in [4.78, 5) is 4.39. The van der Waals surface area contributed by atoms with Crippen LogP contribution in [0.25, 0.3) is 0 Å². The number of allylic oxidation sites excluding steroid dienone is 1. The molecular formula is C11H21N. The molecule has 0 spiro atoms. The van der Waals surface area contributed by atoms with E-state index in [4.69, 9.17) is 0 Å². The fourth-order valence-corrected chi connectivity index (χ4v) is 0.968. The van der Waals surface area contributed by atoms with E-state index in [1.54, 1.807) is 0 Å². The van der Waals surface area contributed by atoms with E-state index in [0.29, 0.717) is 11.8 Å². The summed E-state index contributed by atoms with van der Waals surface area (Å²) in [5.41, 5.74) is 0. The van der Waals surface area contributed by atoms with Crippen LogP contribution in [0.5, 0.6) is 0 Å². The number of aliphatic imine (C=N–C) groups is 1. The SMILES string of the molecule is C=CCC(C=NCC(C)C)CC. The van der Waals surface area contributed by atoms with Crippen molar-refractivity contribution in [3.63, 3.8) is 0 Å². The van der Waals surface area contributed by atoms with E-state index >= 15 is 0 Å². The van der Waals surface area contributed by atoms with Gasteiger partial charge in [0.1, 0.15) is 0 Å². The predicted octanol–water partition coefficient (Wildman–Crippen LogP) is 3.32. The lowest BCUT2D eigenvalue weighted by Crippen LogP contribution is -2.01. The molecule has 1 unspecified atom stereocenters. The third-order valence-electron chi connectivity index (χ3n) is 1.78. The van der Waals surface area contributed by atoms with Crippen LogP contribution in [0.2, 0.25) is 0 Å². The second kappa shape index (κ2) is 7.08. The molecule has 0 aromatic rings. The minimum Gasteiger partial charge on any atom is -0.297 e. The molecule has 0 aliphatic heterocycles. The number of nitrogens with zero attached hydrogens (tertiary/aromatic N) is 1. The van der Waals surface area contributed by atoms with Gasteiger partial charge in [-0.15, -0.1) is 6.58 Å². The maximum absolute atomic E-state index is 4.39. The highest BCUT2D eigenvalue weighted by Gasteiger charge is 1.98. The van der Waals surface area contributed by atoms with Crippen LogP contribution in [0.15, 0.2) is 17.6 Å². The van der Waals surface area contributed by atoms with E-state index in [2.05, 4.69) is 38.6 Å². The molecule has 1 atom stereocenters. The van der Waals surface area contributed by atoms with Crippen molar-refractivity contribution < 1.29 is 0 Å². The molecular weight excluding hydrogens is 146 g/mol. The highest BCUT2D eigenvalue weighted by atomic mass is 14.7. The summed E-state index contributed by atoms with van der Waals surface area (Å²) in [5.74, 6) is 1.27. The third kappa shape index (κ3) is 6.14. The van der Waals surface area contributed by atoms with Crippen LogP contribution in [0.3, 0.4) is 0 Å². The smallest absolute Gasteiger partial charge is 0.0408 e. The van der Waals surface area contributed by atoms with Gasteiger partial charge in [-0.25, -0.2) is 0 Å². The highest BCUT2D eigenvalue weighted by molar-refractivity contribution is 5.60. The first-order chi connectivity index (χ1) is 5.70. The number of hydrogen-bond acceptors (Lipinski definition) is 1. The molecule has 0 saturated carbocycles. The first-order valence-electron chi connectivity index (χ1n) is 4.81. The lowest BCUT2D eigenvalue weighted by Gasteiger charge is -2.05. The molecule has 0 fully saturated rings. The molecule has 0 amide bonds. The van der Waals surface area contributed by atoms with Crippen molar-refractivity contribution in [3.8, 4) is 0 Å². The minimum absolute atomic E-state index is 0.598. The van der Waals surface area contributed by atoms with Crippen LogP contribution in [-0.2, 0) is 0 Å². The maximum Gasteiger partial charge on any atom is 0.0408 e. The fourth-order valence-electron chi connectivity index (χ4n) is 0.968. The molecule has 0 aliphatic carbocycles. The largest absolute Gasteiger partial charge is 0.297 e. The van der Waals surface area contributed by atoms with Crippen LogP contribution in [0.1, 0.15) is 33.6 Å². The van der Waals surface area contributed by atoms with Crippen molar-refractivity contribution in [2.24, 2.45) is 16.8 Å². The van der Waals surface area contributed by atoms with E-state index in [9.17, 15) is 0 Å². The van der Waals surface area contributed by atoms with Crippen molar-refractivity contribution in [1.29, 1.82) is 0 Å². The van der Waals surface area contributed by atoms with Crippen molar-refractivity contribution in [2.45, 2.75) is 33.6 Å². The molecule has 1 nitrogen and oxygen atoms in total. The highest BCUT2D eigenvalue weighted by Crippen LogP contribution is 2.05. The van der Waals surface area contributed by atoms with Crippen LogP contribution < -0.4 is 0 Å². The normalized spacial score (nSPS) is 14.0. The van der Waals surface area contributed by atoms with Crippen LogP contribution in [0, 0.1) is 11.8 Å². The van der Waals surface area contributed by atoms with Gasteiger partial charge in [-0.2, -0.15) is 0 Å². The topological polar surface area (TPSA) is 12.4 Å². The van der Waals surface area contributed by atoms with Crippen molar-refractivity contribution in [1.82, 2.24) is 0 Å². The van der Waals surface area contributed by atoms with Gasteiger partial charge in [0, 0.05) is 12.8 Å². The summed E-state index contributed by atoms with van der Waals surface area (Å²) in [7, 11) is 0. The van der Waals surface area contributed by atoms with Crippen LogP contribution in [-0.4, -0.2) is 12.8 Å². The van der Waals surface area contributed by atoms with Crippen LogP contribution in [0.4, 0.5) is 0 Å². The Labute approximate surface area is 76.6 Å². The molecule has 0 aromatic heterocycles. The summed E-state index contributed by atoms with van der Waals surface area (Å²) >= 11 is 0. The Morgan fingerprint density at radius 2 is 2.08 bits per heavy atom. The lowest BCUT2D eigenvalue weighted by atomic mass is 10.0. The first-order valence-corrected chi connectivity index (χ1v) is 4.81. The Morgan fingerprint density at radius 1 is 1.42 bits per heavy atom. The van der Waals surface area contributed by atoms with Gasteiger partial charge in [0.05, 0.1) is 0 Å². The van der Waals surface area contributed by atoms with Gasteiger partial charge in [0.25, 0.3) is 0 Å². The standard InChI is InChI=1S/C11H21N/c1-5-7-11(6-2)9-12-8-10(3)4/h5,9-11H,1,6-8H2,2-4H3. The van der Waals surface area contributed by atoms with E-state index in [1.165, 1.54) is 0 Å². The quantitative estimate of drug-likeness (QED) is 0.425. The Hall–Kier alpha value is -0.590. The zero-order valence-corrected chi connectivity index (χ0v) is 8.59. The van der Waals surface area contributed by atoms with Gasteiger partial charge in [0.15, 0.2) is 0 Å². The molecule has 0 aliphatic rings. The second-order valence-electron chi connectivity index (χ2n) is 3.60. The molecule has 0 heterocycles. The Morgan fingerprint density at radius 3 is 2.50 bits per heavy atom. The third-order valence-corrected chi connectivity index (χ3v) is 1.78. The summed E-state index contributed by atoms with van der Waals surface area (Å²) in [5, 5.41) is 0. The number of rotatable bonds is 6. The maximum atomic E-state index is 4.39. The average molecular weight is 167 g/mol. The van der Waals surface area contributed by atoms with Crippen molar-refractivity contribution in [3.05, 3.63) is 12.7 Å². The summed E-state index contributed by atoms with van der Waals surface area (Å²) < 4.78 is 0. The Bertz CT molecular complexity index is 136. The van der Waals surface area contributed by atoms with E-state index in [-0.39, 0.29) is 0 Å². The van der Waals surface area contributed by atoms with E-state index in [0.717, 1.165) is 19.4 Å².